The van der Waals surface area contributed by atoms with E-state index in [4.69, 9.17) is 0 Å². The predicted octanol–water partition coefficient (Wildman–Crippen LogP) is 2.20. The zero-order valence-corrected chi connectivity index (χ0v) is 12.2. The molecule has 1 fully saturated rings. The summed E-state index contributed by atoms with van der Waals surface area (Å²) in [6, 6.07) is 8.37. The second kappa shape index (κ2) is 6.31. The van der Waals surface area contributed by atoms with Gasteiger partial charge in [0.15, 0.2) is 5.78 Å². The molecule has 1 heterocycles. The number of benzene rings is 1. The molecule has 0 saturated carbocycles. The first kappa shape index (κ1) is 14.2. The van der Waals surface area contributed by atoms with Crippen LogP contribution in [0.3, 0.4) is 0 Å². The molecule has 3 heteroatoms. The summed E-state index contributed by atoms with van der Waals surface area (Å²) in [5.41, 5.74) is 1.97. The van der Waals surface area contributed by atoms with Crippen LogP contribution in [0.25, 0.3) is 0 Å². The number of likely N-dealkylation sites (tertiary alicyclic amines) is 1. The number of rotatable bonds is 4. The molecule has 1 aromatic carbocycles. The van der Waals surface area contributed by atoms with E-state index >= 15 is 0 Å². The first-order valence-electron chi connectivity index (χ1n) is 7.05. The quantitative estimate of drug-likeness (QED) is 0.775. The van der Waals surface area contributed by atoms with E-state index in [2.05, 4.69) is 23.9 Å². The Kier molecular flexibility index (Phi) is 4.72. The SMILES string of the molecule is Cc1cccc(C(=O)CN(C)C2CCCN(C)C2)c1. The largest absolute Gasteiger partial charge is 0.305 e. The third-order valence-electron chi connectivity index (χ3n) is 3.96. The van der Waals surface area contributed by atoms with Gasteiger partial charge in [-0.25, -0.2) is 0 Å². The van der Waals surface area contributed by atoms with Crippen LogP contribution < -0.4 is 0 Å². The van der Waals surface area contributed by atoms with Crippen molar-refractivity contribution in [3.8, 4) is 0 Å². The van der Waals surface area contributed by atoms with E-state index in [1.807, 2.05) is 31.2 Å². The fraction of sp³-hybridized carbons (Fsp3) is 0.562. The number of likely N-dealkylation sites (N-methyl/N-ethyl adjacent to an activating group) is 2. The minimum atomic E-state index is 0.222. The third-order valence-corrected chi connectivity index (χ3v) is 3.96. The molecule has 0 bridgehead atoms. The smallest absolute Gasteiger partial charge is 0.176 e. The number of hydrogen-bond acceptors (Lipinski definition) is 3. The number of ketones is 1. The van der Waals surface area contributed by atoms with E-state index in [1.165, 1.54) is 19.4 Å². The third kappa shape index (κ3) is 3.88. The molecule has 0 aliphatic carbocycles. The van der Waals surface area contributed by atoms with Crippen molar-refractivity contribution in [2.75, 3.05) is 33.7 Å². The Hall–Kier alpha value is -1.19. The van der Waals surface area contributed by atoms with Gasteiger partial charge in [-0.05, 0) is 46.5 Å². The Morgan fingerprint density at radius 3 is 2.95 bits per heavy atom. The molecule has 0 aromatic heterocycles. The summed E-state index contributed by atoms with van der Waals surface area (Å²) in [7, 11) is 4.22. The van der Waals surface area contributed by atoms with Crippen LogP contribution in [0, 0.1) is 6.92 Å². The minimum absolute atomic E-state index is 0.222. The molecule has 1 aliphatic rings. The fourth-order valence-electron chi connectivity index (χ4n) is 2.76. The average molecular weight is 260 g/mol. The van der Waals surface area contributed by atoms with Gasteiger partial charge in [-0.3, -0.25) is 9.69 Å². The lowest BCUT2D eigenvalue weighted by Crippen LogP contribution is -2.46. The summed E-state index contributed by atoms with van der Waals surface area (Å²) in [6.07, 6.45) is 2.42. The lowest BCUT2D eigenvalue weighted by atomic mass is 10.0. The van der Waals surface area contributed by atoms with Gasteiger partial charge in [0.2, 0.25) is 0 Å². The maximum Gasteiger partial charge on any atom is 0.176 e. The van der Waals surface area contributed by atoms with E-state index < -0.39 is 0 Å². The maximum absolute atomic E-state index is 12.3. The first-order valence-corrected chi connectivity index (χ1v) is 7.05. The highest BCUT2D eigenvalue weighted by molar-refractivity contribution is 5.97. The summed E-state index contributed by atoms with van der Waals surface area (Å²) in [6.45, 7) is 4.78. The van der Waals surface area contributed by atoms with Crippen LogP contribution in [-0.4, -0.2) is 55.4 Å². The van der Waals surface area contributed by atoms with Crippen LogP contribution in [0.1, 0.15) is 28.8 Å². The number of piperidine rings is 1. The molecule has 0 radical (unpaired) electrons. The van der Waals surface area contributed by atoms with Crippen LogP contribution in [0.15, 0.2) is 24.3 Å². The first-order chi connectivity index (χ1) is 9.06. The topological polar surface area (TPSA) is 23.6 Å². The van der Waals surface area contributed by atoms with Gasteiger partial charge in [0.1, 0.15) is 0 Å². The second-order valence-electron chi connectivity index (χ2n) is 5.77. The summed E-state index contributed by atoms with van der Waals surface area (Å²) < 4.78 is 0. The molecule has 104 valence electrons. The minimum Gasteiger partial charge on any atom is -0.305 e. The molecule has 2 rings (SSSR count). The highest BCUT2D eigenvalue weighted by atomic mass is 16.1. The summed E-state index contributed by atoms with van der Waals surface area (Å²) >= 11 is 0. The standard InChI is InChI=1S/C16H24N2O/c1-13-6-4-7-14(10-13)16(19)12-18(3)15-8-5-9-17(2)11-15/h4,6-7,10,15H,5,8-9,11-12H2,1-3H3. The molecule has 1 aromatic rings. The van der Waals surface area contributed by atoms with Crippen LogP contribution in [0.2, 0.25) is 0 Å². The van der Waals surface area contributed by atoms with E-state index in [1.54, 1.807) is 0 Å². The summed E-state index contributed by atoms with van der Waals surface area (Å²) in [5, 5.41) is 0. The van der Waals surface area contributed by atoms with E-state index in [0.29, 0.717) is 12.6 Å². The Labute approximate surface area is 116 Å². The number of carbonyl (C=O) groups is 1. The van der Waals surface area contributed by atoms with Crippen molar-refractivity contribution in [2.45, 2.75) is 25.8 Å². The number of hydrogen-bond donors (Lipinski definition) is 0. The molecule has 0 amide bonds. The van der Waals surface area contributed by atoms with Crippen LogP contribution in [0.4, 0.5) is 0 Å². The molecule has 3 nitrogen and oxygen atoms in total. The van der Waals surface area contributed by atoms with Gasteiger partial charge in [-0.15, -0.1) is 0 Å². The Bertz CT molecular complexity index is 444. The zero-order valence-electron chi connectivity index (χ0n) is 12.2. The molecule has 1 aliphatic heterocycles. The lowest BCUT2D eigenvalue weighted by Gasteiger charge is -2.35. The number of aryl methyl sites for hydroxylation is 1. The van der Waals surface area contributed by atoms with Gasteiger partial charge < -0.3 is 4.90 Å². The normalized spacial score (nSPS) is 20.7. The van der Waals surface area contributed by atoms with Gasteiger partial charge in [0.05, 0.1) is 6.54 Å². The zero-order chi connectivity index (χ0) is 13.8. The molecular weight excluding hydrogens is 236 g/mol. The second-order valence-corrected chi connectivity index (χ2v) is 5.77. The predicted molar refractivity (Wildman–Crippen MR) is 78.7 cm³/mol. The van der Waals surface area contributed by atoms with Crippen molar-refractivity contribution in [3.63, 3.8) is 0 Å². The molecule has 1 saturated heterocycles. The number of Topliss-reactive ketones (excluding diaryl/α,β-unsaturated/α-hetero) is 1. The molecule has 0 spiro atoms. The van der Waals surface area contributed by atoms with Crippen molar-refractivity contribution in [1.29, 1.82) is 0 Å². The van der Waals surface area contributed by atoms with E-state index in [0.717, 1.165) is 17.7 Å². The van der Waals surface area contributed by atoms with Gasteiger partial charge in [0, 0.05) is 18.2 Å². The molecule has 1 unspecified atom stereocenters. The summed E-state index contributed by atoms with van der Waals surface area (Å²) in [5.74, 6) is 0.222. The van der Waals surface area contributed by atoms with Crippen molar-refractivity contribution >= 4 is 5.78 Å². The van der Waals surface area contributed by atoms with Crippen molar-refractivity contribution in [2.24, 2.45) is 0 Å². The monoisotopic (exact) mass is 260 g/mol. The Balaban J connectivity index is 1.94. The van der Waals surface area contributed by atoms with Gasteiger partial charge in [0.25, 0.3) is 0 Å². The average Bonchev–Trinajstić information content (AvgIpc) is 2.38. The highest BCUT2D eigenvalue weighted by Gasteiger charge is 2.22. The fourth-order valence-corrected chi connectivity index (χ4v) is 2.76. The van der Waals surface area contributed by atoms with Crippen molar-refractivity contribution in [3.05, 3.63) is 35.4 Å². The van der Waals surface area contributed by atoms with E-state index in [9.17, 15) is 4.79 Å². The van der Waals surface area contributed by atoms with Gasteiger partial charge in [-0.2, -0.15) is 0 Å². The van der Waals surface area contributed by atoms with Gasteiger partial charge in [-0.1, -0.05) is 23.8 Å². The molecular formula is C16H24N2O. The van der Waals surface area contributed by atoms with Crippen LogP contribution in [-0.2, 0) is 0 Å². The maximum atomic E-state index is 12.3. The highest BCUT2D eigenvalue weighted by Crippen LogP contribution is 2.14. The Morgan fingerprint density at radius 2 is 2.26 bits per heavy atom. The number of carbonyl (C=O) groups excluding carboxylic acids is 1. The Morgan fingerprint density at radius 1 is 1.47 bits per heavy atom. The van der Waals surface area contributed by atoms with Crippen molar-refractivity contribution < 1.29 is 4.79 Å². The summed E-state index contributed by atoms with van der Waals surface area (Å²) in [4.78, 5) is 16.8. The number of nitrogens with zero attached hydrogens (tertiary/aromatic N) is 2. The van der Waals surface area contributed by atoms with Crippen molar-refractivity contribution in [1.82, 2.24) is 9.80 Å². The van der Waals surface area contributed by atoms with Crippen LogP contribution >= 0.6 is 0 Å². The van der Waals surface area contributed by atoms with Crippen LogP contribution in [0.5, 0.6) is 0 Å². The molecule has 1 atom stereocenters. The lowest BCUT2D eigenvalue weighted by molar-refractivity contribution is 0.0857. The van der Waals surface area contributed by atoms with E-state index in [-0.39, 0.29) is 5.78 Å². The molecule has 19 heavy (non-hydrogen) atoms. The van der Waals surface area contributed by atoms with Gasteiger partial charge >= 0.3 is 0 Å². The molecule has 0 N–H and O–H groups in total.